The molecule has 29 heavy (non-hydrogen) atoms. The van der Waals surface area contributed by atoms with Crippen molar-refractivity contribution in [2.75, 3.05) is 26.2 Å². The van der Waals surface area contributed by atoms with Gasteiger partial charge in [0.2, 0.25) is 5.91 Å². The van der Waals surface area contributed by atoms with Gasteiger partial charge >= 0.3 is 0 Å². The standard InChI is InChI=1S/C24H30N2O3/c1-17-6-8-22(9-7-17)29-12-10-25-23(27)20-5-4-11-26(16-20)24(28)21-14-18(2)13-19(3)15-21/h6-9,13-15,20H,4-5,10-12,16H2,1-3H3,(H,25,27). The van der Waals surface area contributed by atoms with Crippen LogP contribution >= 0.6 is 0 Å². The second-order valence-electron chi connectivity index (χ2n) is 7.92. The first kappa shape index (κ1) is 20.9. The van der Waals surface area contributed by atoms with Crippen molar-refractivity contribution >= 4 is 11.8 Å². The predicted molar refractivity (Wildman–Crippen MR) is 114 cm³/mol. The van der Waals surface area contributed by atoms with Crippen LogP contribution in [0.3, 0.4) is 0 Å². The van der Waals surface area contributed by atoms with Crippen molar-refractivity contribution in [1.82, 2.24) is 10.2 Å². The highest BCUT2D eigenvalue weighted by molar-refractivity contribution is 5.95. The van der Waals surface area contributed by atoms with E-state index in [1.165, 1.54) is 5.56 Å². The Labute approximate surface area is 173 Å². The molecule has 0 spiro atoms. The van der Waals surface area contributed by atoms with Crippen molar-refractivity contribution < 1.29 is 14.3 Å². The van der Waals surface area contributed by atoms with Gasteiger partial charge in [-0.2, -0.15) is 0 Å². The number of ether oxygens (including phenoxy) is 1. The monoisotopic (exact) mass is 394 g/mol. The number of amides is 2. The summed E-state index contributed by atoms with van der Waals surface area (Å²) in [4.78, 5) is 27.3. The number of likely N-dealkylation sites (tertiary alicyclic amines) is 1. The van der Waals surface area contributed by atoms with Crippen LogP contribution in [0.15, 0.2) is 42.5 Å². The Morgan fingerprint density at radius 3 is 2.41 bits per heavy atom. The van der Waals surface area contributed by atoms with Gasteiger partial charge in [-0.05, 0) is 57.9 Å². The molecular formula is C24H30N2O3. The minimum Gasteiger partial charge on any atom is -0.492 e. The Morgan fingerprint density at radius 2 is 1.72 bits per heavy atom. The molecule has 0 bridgehead atoms. The number of carbonyl (C=O) groups excluding carboxylic acids is 2. The Kier molecular flexibility index (Phi) is 6.91. The van der Waals surface area contributed by atoms with Crippen LogP contribution in [0.25, 0.3) is 0 Å². The van der Waals surface area contributed by atoms with Gasteiger partial charge in [-0.25, -0.2) is 0 Å². The number of nitrogens with one attached hydrogen (secondary N) is 1. The molecule has 1 saturated heterocycles. The van der Waals surface area contributed by atoms with E-state index in [4.69, 9.17) is 4.74 Å². The molecule has 1 aliphatic rings. The lowest BCUT2D eigenvalue weighted by Gasteiger charge is -2.32. The van der Waals surface area contributed by atoms with Gasteiger partial charge in [0.25, 0.3) is 5.91 Å². The molecule has 5 heteroatoms. The molecule has 0 saturated carbocycles. The highest BCUT2D eigenvalue weighted by Gasteiger charge is 2.28. The molecule has 2 aromatic carbocycles. The second kappa shape index (κ2) is 9.59. The molecule has 1 unspecified atom stereocenters. The lowest BCUT2D eigenvalue weighted by Crippen LogP contribution is -2.46. The first-order valence-electron chi connectivity index (χ1n) is 10.3. The lowest BCUT2D eigenvalue weighted by atomic mass is 9.96. The highest BCUT2D eigenvalue weighted by atomic mass is 16.5. The van der Waals surface area contributed by atoms with E-state index in [9.17, 15) is 9.59 Å². The number of nitrogens with zero attached hydrogens (tertiary/aromatic N) is 1. The van der Waals surface area contributed by atoms with Gasteiger partial charge in [-0.1, -0.05) is 34.9 Å². The van der Waals surface area contributed by atoms with Crippen molar-refractivity contribution in [3.8, 4) is 5.75 Å². The first-order chi connectivity index (χ1) is 13.9. The molecule has 1 heterocycles. The number of benzene rings is 2. The van der Waals surface area contributed by atoms with Crippen molar-refractivity contribution in [1.29, 1.82) is 0 Å². The maximum atomic E-state index is 12.9. The highest BCUT2D eigenvalue weighted by Crippen LogP contribution is 2.20. The lowest BCUT2D eigenvalue weighted by molar-refractivity contribution is -0.126. The molecule has 1 aliphatic heterocycles. The molecule has 154 valence electrons. The van der Waals surface area contributed by atoms with Crippen molar-refractivity contribution in [2.24, 2.45) is 5.92 Å². The SMILES string of the molecule is Cc1ccc(OCCNC(=O)C2CCCN(C(=O)c3cc(C)cc(C)c3)C2)cc1. The fraction of sp³-hybridized carbons (Fsp3) is 0.417. The normalized spacial score (nSPS) is 16.4. The van der Waals surface area contributed by atoms with Gasteiger partial charge < -0.3 is 15.0 Å². The summed E-state index contributed by atoms with van der Waals surface area (Å²) < 4.78 is 5.66. The Balaban J connectivity index is 1.48. The zero-order chi connectivity index (χ0) is 20.8. The van der Waals surface area contributed by atoms with Crippen molar-refractivity contribution in [3.05, 3.63) is 64.7 Å². The van der Waals surface area contributed by atoms with Gasteiger partial charge in [0.1, 0.15) is 12.4 Å². The summed E-state index contributed by atoms with van der Waals surface area (Å²) in [6.07, 6.45) is 1.65. The molecule has 0 aliphatic carbocycles. The number of hydrogen-bond acceptors (Lipinski definition) is 3. The van der Waals surface area contributed by atoms with Gasteiger partial charge in [-0.3, -0.25) is 9.59 Å². The fourth-order valence-electron chi connectivity index (χ4n) is 3.78. The number of hydrogen-bond donors (Lipinski definition) is 1. The molecule has 0 radical (unpaired) electrons. The third-order valence-corrected chi connectivity index (χ3v) is 5.24. The van der Waals surface area contributed by atoms with Gasteiger partial charge in [0.05, 0.1) is 12.5 Å². The summed E-state index contributed by atoms with van der Waals surface area (Å²) in [6.45, 7) is 8.07. The van der Waals surface area contributed by atoms with Crippen LogP contribution in [-0.2, 0) is 4.79 Å². The van der Waals surface area contributed by atoms with E-state index in [2.05, 4.69) is 11.4 Å². The van der Waals surface area contributed by atoms with E-state index >= 15 is 0 Å². The number of carbonyl (C=O) groups is 2. The molecule has 1 fully saturated rings. The van der Waals surface area contributed by atoms with Crippen LogP contribution in [-0.4, -0.2) is 43.0 Å². The maximum Gasteiger partial charge on any atom is 0.253 e. The van der Waals surface area contributed by atoms with Gasteiger partial charge in [-0.15, -0.1) is 0 Å². The van der Waals surface area contributed by atoms with Crippen LogP contribution in [0, 0.1) is 26.7 Å². The molecule has 1 atom stereocenters. The second-order valence-corrected chi connectivity index (χ2v) is 7.92. The Morgan fingerprint density at radius 1 is 1.03 bits per heavy atom. The van der Waals surface area contributed by atoms with Crippen molar-refractivity contribution in [2.45, 2.75) is 33.6 Å². The van der Waals surface area contributed by atoms with E-state index < -0.39 is 0 Å². The molecule has 2 aromatic rings. The average molecular weight is 395 g/mol. The van der Waals surface area contributed by atoms with Crippen molar-refractivity contribution in [3.63, 3.8) is 0 Å². The number of rotatable bonds is 6. The fourth-order valence-corrected chi connectivity index (χ4v) is 3.78. The number of aryl methyl sites for hydroxylation is 3. The Hall–Kier alpha value is -2.82. The van der Waals surface area contributed by atoms with E-state index in [1.807, 2.05) is 62.1 Å². The molecule has 1 N–H and O–H groups in total. The topological polar surface area (TPSA) is 58.6 Å². The summed E-state index contributed by atoms with van der Waals surface area (Å²) in [5.74, 6) is 0.637. The van der Waals surface area contributed by atoms with Crippen LogP contribution in [0.1, 0.15) is 39.9 Å². The van der Waals surface area contributed by atoms with Gasteiger partial charge in [0, 0.05) is 18.7 Å². The molecule has 2 amide bonds. The molecular weight excluding hydrogens is 364 g/mol. The van der Waals surface area contributed by atoms with E-state index in [-0.39, 0.29) is 17.7 Å². The zero-order valence-corrected chi connectivity index (χ0v) is 17.5. The summed E-state index contributed by atoms with van der Waals surface area (Å²) in [5.41, 5.74) is 4.04. The minimum atomic E-state index is -0.169. The quantitative estimate of drug-likeness (QED) is 0.761. The van der Waals surface area contributed by atoms with Crippen LogP contribution in [0.5, 0.6) is 5.75 Å². The average Bonchev–Trinajstić information content (AvgIpc) is 2.71. The van der Waals surface area contributed by atoms with Crippen LogP contribution in [0.2, 0.25) is 0 Å². The summed E-state index contributed by atoms with van der Waals surface area (Å²) in [6, 6.07) is 13.7. The van der Waals surface area contributed by atoms with E-state index in [1.54, 1.807) is 0 Å². The summed E-state index contributed by atoms with van der Waals surface area (Å²) in [5, 5.41) is 2.95. The zero-order valence-electron chi connectivity index (χ0n) is 17.5. The van der Waals surface area contributed by atoms with E-state index in [0.29, 0.717) is 31.8 Å². The molecule has 3 rings (SSSR count). The third kappa shape index (κ3) is 5.83. The van der Waals surface area contributed by atoms with Crippen LogP contribution < -0.4 is 10.1 Å². The summed E-state index contributed by atoms with van der Waals surface area (Å²) in [7, 11) is 0. The Bertz CT molecular complexity index is 841. The summed E-state index contributed by atoms with van der Waals surface area (Å²) >= 11 is 0. The smallest absolute Gasteiger partial charge is 0.253 e. The third-order valence-electron chi connectivity index (χ3n) is 5.24. The minimum absolute atomic E-state index is 0.00423. The molecule has 0 aromatic heterocycles. The van der Waals surface area contributed by atoms with Crippen LogP contribution in [0.4, 0.5) is 0 Å². The maximum absolute atomic E-state index is 12.9. The number of piperidine rings is 1. The predicted octanol–water partition coefficient (Wildman–Crippen LogP) is 3.66. The van der Waals surface area contributed by atoms with Gasteiger partial charge in [0.15, 0.2) is 0 Å². The first-order valence-corrected chi connectivity index (χ1v) is 10.3. The van der Waals surface area contributed by atoms with E-state index in [0.717, 1.165) is 29.7 Å². The largest absolute Gasteiger partial charge is 0.492 e. The molecule has 5 nitrogen and oxygen atoms in total.